The molecule has 2 unspecified atom stereocenters. The predicted molar refractivity (Wildman–Crippen MR) is 133 cm³/mol. The minimum Gasteiger partial charge on any atom is -0.497 e. The van der Waals surface area contributed by atoms with Crippen LogP contribution in [0.1, 0.15) is 70.2 Å². The van der Waals surface area contributed by atoms with Gasteiger partial charge < -0.3 is 24.4 Å². The highest BCUT2D eigenvalue weighted by molar-refractivity contribution is 5.68. The molecule has 1 N–H and O–H groups in total. The van der Waals surface area contributed by atoms with Crippen molar-refractivity contribution in [2.75, 3.05) is 27.3 Å². The summed E-state index contributed by atoms with van der Waals surface area (Å²) in [5.41, 5.74) is 1.87. The highest BCUT2D eigenvalue weighted by Crippen LogP contribution is 2.31. The Morgan fingerprint density at radius 3 is 2.24 bits per heavy atom. The summed E-state index contributed by atoms with van der Waals surface area (Å²) in [5, 5.41) is 3.81. The van der Waals surface area contributed by atoms with Crippen molar-refractivity contribution in [3.05, 3.63) is 53.7 Å². The number of hydrogen-bond donors (Lipinski definition) is 1. The van der Waals surface area contributed by atoms with Crippen LogP contribution in [0, 0.1) is 5.92 Å². The Morgan fingerprint density at radius 1 is 1.06 bits per heavy atom. The van der Waals surface area contributed by atoms with Crippen LogP contribution >= 0.6 is 0 Å². The lowest BCUT2D eigenvalue weighted by atomic mass is 9.87. The first kappa shape index (κ1) is 25.8. The molecule has 1 amide bonds. The molecule has 1 aliphatic heterocycles. The fourth-order valence-electron chi connectivity index (χ4n) is 4.32. The van der Waals surface area contributed by atoms with Crippen LogP contribution < -0.4 is 14.8 Å². The molecular formula is C27H39N3O4. The number of likely N-dealkylation sites (tertiary alicyclic amines) is 1. The molecule has 1 aromatic carbocycles. The molecule has 0 radical (unpaired) electrons. The van der Waals surface area contributed by atoms with Gasteiger partial charge in [0.2, 0.25) is 5.88 Å². The molecule has 7 heteroatoms. The molecule has 186 valence electrons. The first-order valence-corrected chi connectivity index (χ1v) is 12.1. The van der Waals surface area contributed by atoms with Gasteiger partial charge in [-0.2, -0.15) is 0 Å². The Kier molecular flexibility index (Phi) is 8.78. The third-order valence-electron chi connectivity index (χ3n) is 6.27. The highest BCUT2D eigenvalue weighted by atomic mass is 16.6. The van der Waals surface area contributed by atoms with Crippen molar-refractivity contribution >= 4 is 6.09 Å². The summed E-state index contributed by atoms with van der Waals surface area (Å²) in [4.78, 5) is 18.7. The summed E-state index contributed by atoms with van der Waals surface area (Å²) in [6, 6.07) is 12.5. The number of nitrogens with zero attached hydrogens (tertiary/aromatic N) is 2. The van der Waals surface area contributed by atoms with Gasteiger partial charge in [-0.05, 0) is 76.1 Å². The van der Waals surface area contributed by atoms with Gasteiger partial charge in [0.15, 0.2) is 0 Å². The quantitative estimate of drug-likeness (QED) is 0.548. The predicted octanol–water partition coefficient (Wildman–Crippen LogP) is 5.53. The molecule has 1 saturated heterocycles. The molecule has 2 aromatic rings. The molecule has 0 saturated carbocycles. The number of benzene rings is 1. The van der Waals surface area contributed by atoms with E-state index in [0.29, 0.717) is 11.8 Å². The molecule has 1 fully saturated rings. The Labute approximate surface area is 203 Å². The van der Waals surface area contributed by atoms with Gasteiger partial charge in [0.05, 0.1) is 14.2 Å². The first-order valence-electron chi connectivity index (χ1n) is 12.1. The second kappa shape index (κ2) is 11.6. The summed E-state index contributed by atoms with van der Waals surface area (Å²) in [5.74, 6) is 1.96. The Hall–Kier alpha value is -2.80. The maximum absolute atomic E-state index is 12.4. The first-order chi connectivity index (χ1) is 16.2. The summed E-state index contributed by atoms with van der Waals surface area (Å²) >= 11 is 0. The van der Waals surface area contributed by atoms with Crippen molar-refractivity contribution in [3.63, 3.8) is 0 Å². The third kappa shape index (κ3) is 7.35. The average Bonchev–Trinajstić information content (AvgIpc) is 2.83. The summed E-state index contributed by atoms with van der Waals surface area (Å²) < 4.78 is 16.1. The maximum Gasteiger partial charge on any atom is 0.410 e. The zero-order chi connectivity index (χ0) is 24.7. The molecule has 2 atom stereocenters. The van der Waals surface area contributed by atoms with Crippen molar-refractivity contribution in [2.45, 2.75) is 64.6 Å². The fourth-order valence-corrected chi connectivity index (χ4v) is 4.32. The van der Waals surface area contributed by atoms with Gasteiger partial charge in [-0.3, -0.25) is 0 Å². The monoisotopic (exact) mass is 469 g/mol. The lowest BCUT2D eigenvalue weighted by Gasteiger charge is -2.35. The van der Waals surface area contributed by atoms with Crippen LogP contribution in [0.25, 0.3) is 0 Å². The SMILES string of the molecule is COc1ccc(C(C)NC(CC2CCN(C(=O)OC(C)(C)C)CC2)c2ccc(OC)nc2)cc1. The number of ether oxygens (including phenoxy) is 3. The van der Waals surface area contributed by atoms with Crippen LogP contribution in [0.2, 0.25) is 0 Å². The molecule has 3 rings (SSSR count). The van der Waals surface area contributed by atoms with E-state index >= 15 is 0 Å². The number of amides is 1. The summed E-state index contributed by atoms with van der Waals surface area (Å²) in [6.07, 6.45) is 4.56. The van der Waals surface area contributed by atoms with Crippen LogP contribution in [0.3, 0.4) is 0 Å². The largest absolute Gasteiger partial charge is 0.497 e. The standard InChI is InChI=1S/C27H39N3O4/c1-19(21-7-10-23(32-5)11-8-21)29-24(22-9-12-25(33-6)28-18-22)17-20-13-15-30(16-14-20)26(31)34-27(2,3)4/h7-12,18-20,24,29H,13-17H2,1-6H3. The third-order valence-corrected chi connectivity index (χ3v) is 6.27. The van der Waals surface area contributed by atoms with Crippen LogP contribution in [0.4, 0.5) is 4.79 Å². The van der Waals surface area contributed by atoms with Gasteiger partial charge in [-0.15, -0.1) is 0 Å². The van der Waals surface area contributed by atoms with Gasteiger partial charge in [-0.1, -0.05) is 18.2 Å². The van der Waals surface area contributed by atoms with Crippen LogP contribution in [0.5, 0.6) is 11.6 Å². The molecule has 0 spiro atoms. The zero-order valence-electron chi connectivity index (χ0n) is 21.3. The Bertz CT molecular complexity index is 901. The van der Waals surface area contributed by atoms with E-state index in [1.54, 1.807) is 14.2 Å². The second-order valence-corrected chi connectivity index (χ2v) is 9.99. The molecule has 7 nitrogen and oxygen atoms in total. The van der Waals surface area contributed by atoms with Gasteiger partial charge >= 0.3 is 6.09 Å². The van der Waals surface area contributed by atoms with E-state index in [4.69, 9.17) is 14.2 Å². The van der Waals surface area contributed by atoms with Crippen molar-refractivity contribution < 1.29 is 19.0 Å². The number of piperidine rings is 1. The molecule has 1 aromatic heterocycles. The van der Waals surface area contributed by atoms with E-state index < -0.39 is 5.60 Å². The number of hydrogen-bond acceptors (Lipinski definition) is 6. The number of nitrogens with one attached hydrogen (secondary N) is 1. The van der Waals surface area contributed by atoms with Crippen LogP contribution in [-0.4, -0.2) is 48.9 Å². The van der Waals surface area contributed by atoms with E-state index in [2.05, 4.69) is 35.4 Å². The second-order valence-electron chi connectivity index (χ2n) is 9.99. The van der Waals surface area contributed by atoms with E-state index in [9.17, 15) is 4.79 Å². The average molecular weight is 470 g/mol. The fraction of sp³-hybridized carbons (Fsp3) is 0.556. The van der Waals surface area contributed by atoms with Gasteiger partial charge in [0.1, 0.15) is 11.4 Å². The number of methoxy groups -OCH3 is 2. The smallest absolute Gasteiger partial charge is 0.410 e. The maximum atomic E-state index is 12.4. The van der Waals surface area contributed by atoms with E-state index in [0.717, 1.165) is 43.7 Å². The molecular weight excluding hydrogens is 430 g/mol. The highest BCUT2D eigenvalue weighted by Gasteiger charge is 2.29. The minimum atomic E-state index is -0.470. The summed E-state index contributed by atoms with van der Waals surface area (Å²) in [7, 11) is 3.31. The topological polar surface area (TPSA) is 72.9 Å². The van der Waals surface area contributed by atoms with Gasteiger partial charge in [0.25, 0.3) is 0 Å². The van der Waals surface area contributed by atoms with Crippen molar-refractivity contribution in [3.8, 4) is 11.6 Å². The van der Waals surface area contributed by atoms with E-state index in [-0.39, 0.29) is 18.2 Å². The number of carbonyl (C=O) groups excluding carboxylic acids is 1. The zero-order valence-corrected chi connectivity index (χ0v) is 21.3. The number of carbonyl (C=O) groups is 1. The van der Waals surface area contributed by atoms with Crippen molar-refractivity contribution in [1.82, 2.24) is 15.2 Å². The molecule has 0 bridgehead atoms. The minimum absolute atomic E-state index is 0.133. The normalized spacial score (nSPS) is 16.6. The van der Waals surface area contributed by atoms with E-state index in [1.807, 2.05) is 50.1 Å². The number of pyridine rings is 1. The Morgan fingerprint density at radius 2 is 1.71 bits per heavy atom. The Balaban J connectivity index is 1.67. The van der Waals surface area contributed by atoms with Gasteiger partial charge in [-0.25, -0.2) is 9.78 Å². The molecule has 0 aliphatic carbocycles. The number of aromatic nitrogens is 1. The van der Waals surface area contributed by atoms with Crippen molar-refractivity contribution in [1.29, 1.82) is 0 Å². The van der Waals surface area contributed by atoms with Crippen LogP contribution in [0.15, 0.2) is 42.6 Å². The number of rotatable bonds is 8. The van der Waals surface area contributed by atoms with Crippen molar-refractivity contribution in [2.24, 2.45) is 5.92 Å². The van der Waals surface area contributed by atoms with E-state index in [1.165, 1.54) is 5.56 Å². The summed E-state index contributed by atoms with van der Waals surface area (Å²) in [6.45, 7) is 9.33. The lowest BCUT2D eigenvalue weighted by Crippen LogP contribution is -2.42. The molecule has 34 heavy (non-hydrogen) atoms. The molecule has 1 aliphatic rings. The van der Waals surface area contributed by atoms with Gasteiger partial charge in [0, 0.05) is 37.4 Å². The molecule has 2 heterocycles. The van der Waals surface area contributed by atoms with Crippen LogP contribution in [-0.2, 0) is 4.74 Å². The lowest BCUT2D eigenvalue weighted by molar-refractivity contribution is 0.0177.